The third-order valence-electron chi connectivity index (χ3n) is 3.41. The fourth-order valence-electron chi connectivity index (χ4n) is 2.47. The minimum atomic E-state index is -3.53. The number of anilines is 1. The molecule has 0 amide bonds. The number of fused-ring (bicyclic) bond motifs is 1. The molecule has 104 valence electrons. The molecule has 2 aromatic rings. The number of para-hydroxylation sites is 1. The molecule has 0 saturated carbocycles. The molecule has 0 spiro atoms. The van der Waals surface area contributed by atoms with Crippen LogP contribution < -0.4 is 10.0 Å². The lowest BCUT2D eigenvalue weighted by atomic mass is 10.0. The van der Waals surface area contributed by atoms with E-state index in [4.69, 9.17) is 0 Å². The van der Waals surface area contributed by atoms with Gasteiger partial charge in [0.15, 0.2) is 0 Å². The number of sulfonamides is 1. The predicted molar refractivity (Wildman–Crippen MR) is 79.1 cm³/mol. The number of benzene rings is 2. The fraction of sp³-hybridized carbons (Fsp3) is 0.200. The van der Waals surface area contributed by atoms with Gasteiger partial charge in [0.1, 0.15) is 0 Å². The highest BCUT2D eigenvalue weighted by molar-refractivity contribution is 7.92. The van der Waals surface area contributed by atoms with E-state index >= 15 is 0 Å². The van der Waals surface area contributed by atoms with E-state index in [0.29, 0.717) is 10.6 Å². The third-order valence-corrected chi connectivity index (χ3v) is 4.88. The van der Waals surface area contributed by atoms with E-state index in [0.717, 1.165) is 30.6 Å². The molecule has 2 N–H and O–H groups in total. The monoisotopic (exact) mass is 288 g/mol. The Kier molecular flexibility index (Phi) is 3.46. The molecule has 0 fully saturated rings. The van der Waals surface area contributed by atoms with Crippen molar-refractivity contribution in [3.63, 3.8) is 0 Å². The van der Waals surface area contributed by atoms with Crippen LogP contribution in [0.1, 0.15) is 11.1 Å². The van der Waals surface area contributed by atoms with Gasteiger partial charge >= 0.3 is 0 Å². The quantitative estimate of drug-likeness (QED) is 0.909. The van der Waals surface area contributed by atoms with Crippen molar-refractivity contribution < 1.29 is 8.42 Å². The van der Waals surface area contributed by atoms with Gasteiger partial charge in [0, 0.05) is 12.2 Å². The Balaban J connectivity index is 2.00. The second-order valence-electron chi connectivity index (χ2n) is 4.79. The maximum Gasteiger partial charge on any atom is 0.262 e. The first-order chi connectivity index (χ1) is 9.67. The standard InChI is InChI=1S/C15H16N2O2S/c18-20(19,17-13-6-2-1-3-7-13)15-8-4-5-12-11-16-10-9-14(12)15/h1-8,16-17H,9-11H2. The number of hydrogen-bond acceptors (Lipinski definition) is 3. The summed E-state index contributed by atoms with van der Waals surface area (Å²) in [5.41, 5.74) is 2.57. The van der Waals surface area contributed by atoms with E-state index in [9.17, 15) is 8.42 Å². The maximum atomic E-state index is 12.5. The molecule has 2 aromatic carbocycles. The average Bonchev–Trinajstić information content (AvgIpc) is 2.47. The van der Waals surface area contributed by atoms with Crippen LogP contribution in [0.5, 0.6) is 0 Å². The van der Waals surface area contributed by atoms with Crippen LogP contribution in [0.15, 0.2) is 53.4 Å². The van der Waals surface area contributed by atoms with Crippen LogP contribution in [0, 0.1) is 0 Å². The Morgan fingerprint density at radius 1 is 1.00 bits per heavy atom. The molecule has 0 atom stereocenters. The van der Waals surface area contributed by atoms with E-state index in [1.807, 2.05) is 24.3 Å². The van der Waals surface area contributed by atoms with Crippen molar-refractivity contribution in [3.8, 4) is 0 Å². The zero-order valence-corrected chi connectivity index (χ0v) is 11.8. The molecule has 5 heteroatoms. The first kappa shape index (κ1) is 13.1. The molecular weight excluding hydrogens is 272 g/mol. The molecular formula is C15H16N2O2S. The largest absolute Gasteiger partial charge is 0.312 e. The molecule has 1 aliphatic heterocycles. The first-order valence-electron chi connectivity index (χ1n) is 6.56. The van der Waals surface area contributed by atoms with Crippen molar-refractivity contribution >= 4 is 15.7 Å². The van der Waals surface area contributed by atoms with Gasteiger partial charge in [-0.05, 0) is 42.3 Å². The fourth-order valence-corrected chi connectivity index (χ4v) is 3.84. The Morgan fingerprint density at radius 3 is 2.60 bits per heavy atom. The molecule has 0 bridgehead atoms. The highest BCUT2D eigenvalue weighted by Gasteiger charge is 2.22. The topological polar surface area (TPSA) is 58.2 Å². The first-order valence-corrected chi connectivity index (χ1v) is 8.04. The lowest BCUT2D eigenvalue weighted by Gasteiger charge is -2.20. The molecule has 0 aromatic heterocycles. The molecule has 4 nitrogen and oxygen atoms in total. The SMILES string of the molecule is O=S(=O)(Nc1ccccc1)c1cccc2c1CCNC2. The number of nitrogens with one attached hydrogen (secondary N) is 2. The highest BCUT2D eigenvalue weighted by Crippen LogP contribution is 2.24. The van der Waals surface area contributed by atoms with Crippen molar-refractivity contribution in [1.82, 2.24) is 5.32 Å². The van der Waals surface area contributed by atoms with Crippen LogP contribution >= 0.6 is 0 Å². The van der Waals surface area contributed by atoms with E-state index in [1.54, 1.807) is 24.3 Å². The number of rotatable bonds is 3. The summed E-state index contributed by atoms with van der Waals surface area (Å²) >= 11 is 0. The molecule has 0 aliphatic carbocycles. The summed E-state index contributed by atoms with van der Waals surface area (Å²) in [5.74, 6) is 0. The lowest BCUT2D eigenvalue weighted by Crippen LogP contribution is -2.26. The van der Waals surface area contributed by atoms with Gasteiger partial charge < -0.3 is 5.32 Å². The summed E-state index contributed by atoms with van der Waals surface area (Å²) in [7, 11) is -3.53. The second kappa shape index (κ2) is 5.26. The van der Waals surface area contributed by atoms with Crippen LogP contribution in [0.3, 0.4) is 0 Å². The molecule has 0 unspecified atom stereocenters. The van der Waals surface area contributed by atoms with Crippen LogP contribution in [0.2, 0.25) is 0 Å². The average molecular weight is 288 g/mol. The Labute approximate surface area is 118 Å². The molecule has 1 heterocycles. The van der Waals surface area contributed by atoms with E-state index in [2.05, 4.69) is 10.0 Å². The van der Waals surface area contributed by atoms with Gasteiger partial charge in [-0.2, -0.15) is 0 Å². The zero-order valence-electron chi connectivity index (χ0n) is 11.0. The highest BCUT2D eigenvalue weighted by atomic mass is 32.2. The van der Waals surface area contributed by atoms with E-state index < -0.39 is 10.0 Å². The zero-order chi connectivity index (χ0) is 14.0. The van der Waals surface area contributed by atoms with Crippen LogP contribution in [0.25, 0.3) is 0 Å². The third kappa shape index (κ3) is 2.55. The summed E-state index contributed by atoms with van der Waals surface area (Å²) in [4.78, 5) is 0.389. The Bertz CT molecular complexity index is 712. The summed E-state index contributed by atoms with van der Waals surface area (Å²) in [5, 5.41) is 3.25. The summed E-state index contributed by atoms with van der Waals surface area (Å²) in [6, 6.07) is 14.4. The van der Waals surface area contributed by atoms with Crippen molar-refractivity contribution in [1.29, 1.82) is 0 Å². The van der Waals surface area contributed by atoms with Crippen LogP contribution in [-0.4, -0.2) is 15.0 Å². The van der Waals surface area contributed by atoms with Gasteiger partial charge in [-0.25, -0.2) is 8.42 Å². The van der Waals surface area contributed by atoms with Gasteiger partial charge in [0.25, 0.3) is 10.0 Å². The van der Waals surface area contributed by atoms with Crippen molar-refractivity contribution in [2.24, 2.45) is 0 Å². The van der Waals surface area contributed by atoms with E-state index in [-0.39, 0.29) is 0 Å². The van der Waals surface area contributed by atoms with Crippen LogP contribution in [-0.2, 0) is 23.0 Å². The lowest BCUT2D eigenvalue weighted by molar-refractivity contribution is 0.594. The van der Waals surface area contributed by atoms with Gasteiger partial charge in [-0.1, -0.05) is 30.3 Å². The minimum Gasteiger partial charge on any atom is -0.312 e. The van der Waals surface area contributed by atoms with Gasteiger partial charge in [0.2, 0.25) is 0 Å². The molecule has 3 rings (SSSR count). The van der Waals surface area contributed by atoms with Crippen molar-refractivity contribution in [2.45, 2.75) is 17.9 Å². The summed E-state index contributed by atoms with van der Waals surface area (Å²) in [6.07, 6.45) is 0.737. The summed E-state index contributed by atoms with van der Waals surface area (Å²) in [6.45, 7) is 1.54. The summed E-state index contributed by atoms with van der Waals surface area (Å²) < 4.78 is 27.7. The van der Waals surface area contributed by atoms with Gasteiger partial charge in [-0.3, -0.25) is 4.72 Å². The Morgan fingerprint density at radius 2 is 1.80 bits per heavy atom. The minimum absolute atomic E-state index is 0.389. The van der Waals surface area contributed by atoms with Gasteiger partial charge in [-0.15, -0.1) is 0 Å². The smallest absolute Gasteiger partial charge is 0.262 e. The van der Waals surface area contributed by atoms with Gasteiger partial charge in [0.05, 0.1) is 4.90 Å². The number of hydrogen-bond donors (Lipinski definition) is 2. The Hall–Kier alpha value is -1.85. The molecule has 1 aliphatic rings. The molecule has 0 radical (unpaired) electrons. The molecule has 0 saturated heterocycles. The normalized spacial score (nSPS) is 14.6. The maximum absolute atomic E-state index is 12.5. The second-order valence-corrected chi connectivity index (χ2v) is 6.44. The van der Waals surface area contributed by atoms with Crippen LogP contribution in [0.4, 0.5) is 5.69 Å². The van der Waals surface area contributed by atoms with E-state index in [1.165, 1.54) is 0 Å². The molecule has 20 heavy (non-hydrogen) atoms. The van der Waals surface area contributed by atoms with Crippen molar-refractivity contribution in [3.05, 3.63) is 59.7 Å². The van der Waals surface area contributed by atoms with Crippen molar-refractivity contribution in [2.75, 3.05) is 11.3 Å². The predicted octanol–water partition coefficient (Wildman–Crippen LogP) is 2.13.